The quantitative estimate of drug-likeness (QED) is 0.625. The SMILES string of the molecule is NC(=O)N=Nc1c(O)cc(C=O)c2ccccc12. The number of aldehydes is 1. The standard InChI is InChI=1S/C12H9N3O3/c13-12(18)15-14-11-9-4-2-1-3-8(9)7(6-16)5-10(11)17/h1-6,17H,(H2,13,18). The first kappa shape index (κ1) is 11.7. The van der Waals surface area contributed by atoms with Gasteiger partial charge >= 0.3 is 6.03 Å². The van der Waals surface area contributed by atoms with Crippen LogP contribution >= 0.6 is 0 Å². The highest BCUT2D eigenvalue weighted by Crippen LogP contribution is 2.37. The molecule has 2 aromatic carbocycles. The molecule has 2 amide bonds. The second kappa shape index (κ2) is 4.62. The molecule has 0 heterocycles. The summed E-state index contributed by atoms with van der Waals surface area (Å²) >= 11 is 0. The largest absolute Gasteiger partial charge is 0.506 e. The Bertz CT molecular complexity index is 665. The molecule has 0 bridgehead atoms. The number of phenols is 1. The van der Waals surface area contributed by atoms with Crippen LogP contribution in [0.2, 0.25) is 0 Å². The van der Waals surface area contributed by atoms with Gasteiger partial charge in [-0.05, 0) is 11.5 Å². The monoisotopic (exact) mass is 243 g/mol. The Morgan fingerprint density at radius 1 is 1.28 bits per heavy atom. The second-order valence-corrected chi connectivity index (χ2v) is 3.54. The summed E-state index contributed by atoms with van der Waals surface area (Å²) < 4.78 is 0. The number of primary amides is 1. The van der Waals surface area contributed by atoms with E-state index in [1.807, 2.05) is 0 Å². The van der Waals surface area contributed by atoms with Crippen LogP contribution in [0.3, 0.4) is 0 Å². The third-order valence-electron chi connectivity index (χ3n) is 2.40. The minimum absolute atomic E-state index is 0.106. The van der Waals surface area contributed by atoms with E-state index in [1.54, 1.807) is 24.3 Å². The molecule has 0 aromatic heterocycles. The number of carbonyl (C=O) groups is 2. The molecule has 0 fully saturated rings. The second-order valence-electron chi connectivity index (χ2n) is 3.54. The number of nitrogens with two attached hydrogens (primary N) is 1. The topological polar surface area (TPSA) is 105 Å². The normalized spacial score (nSPS) is 10.9. The van der Waals surface area contributed by atoms with Crippen molar-refractivity contribution < 1.29 is 14.7 Å². The highest BCUT2D eigenvalue weighted by Gasteiger charge is 2.10. The van der Waals surface area contributed by atoms with Gasteiger partial charge in [0.05, 0.1) is 0 Å². The Balaban J connectivity index is 2.77. The van der Waals surface area contributed by atoms with E-state index in [0.717, 1.165) is 0 Å². The van der Waals surface area contributed by atoms with Crippen molar-refractivity contribution in [1.29, 1.82) is 0 Å². The highest BCUT2D eigenvalue weighted by molar-refractivity contribution is 6.05. The molecule has 0 spiro atoms. The van der Waals surface area contributed by atoms with Crippen LogP contribution in [-0.4, -0.2) is 17.4 Å². The fourth-order valence-electron chi connectivity index (χ4n) is 1.67. The van der Waals surface area contributed by atoms with Gasteiger partial charge in [-0.25, -0.2) is 4.79 Å². The number of azo groups is 1. The molecule has 0 atom stereocenters. The van der Waals surface area contributed by atoms with Crippen molar-refractivity contribution in [3.05, 3.63) is 35.9 Å². The zero-order valence-corrected chi connectivity index (χ0v) is 9.20. The molecular weight excluding hydrogens is 234 g/mol. The number of fused-ring (bicyclic) bond motifs is 1. The third kappa shape index (κ3) is 2.03. The third-order valence-corrected chi connectivity index (χ3v) is 2.40. The Kier molecular flexibility index (Phi) is 3.01. The van der Waals surface area contributed by atoms with Crippen molar-refractivity contribution in [3.63, 3.8) is 0 Å². The summed E-state index contributed by atoms with van der Waals surface area (Å²) in [6.07, 6.45) is 0.636. The summed E-state index contributed by atoms with van der Waals surface area (Å²) in [7, 11) is 0. The van der Waals surface area contributed by atoms with Crippen LogP contribution in [0.15, 0.2) is 40.6 Å². The van der Waals surface area contributed by atoms with Crippen LogP contribution < -0.4 is 5.73 Å². The number of amides is 2. The predicted molar refractivity (Wildman–Crippen MR) is 65.1 cm³/mol. The smallest absolute Gasteiger partial charge is 0.356 e. The minimum Gasteiger partial charge on any atom is -0.506 e. The maximum atomic E-state index is 10.9. The molecule has 0 aliphatic carbocycles. The molecule has 0 aliphatic heterocycles. The van der Waals surface area contributed by atoms with Crippen LogP contribution in [0.4, 0.5) is 10.5 Å². The first-order valence-electron chi connectivity index (χ1n) is 5.04. The zero-order chi connectivity index (χ0) is 13.1. The Labute approximate surface area is 102 Å². The number of phenolic OH excluding ortho intramolecular Hbond substituents is 1. The highest BCUT2D eigenvalue weighted by atomic mass is 16.3. The van der Waals surface area contributed by atoms with Crippen molar-refractivity contribution in [2.75, 3.05) is 0 Å². The molecule has 6 heteroatoms. The molecule has 6 nitrogen and oxygen atoms in total. The number of hydrogen-bond acceptors (Lipinski definition) is 4. The fraction of sp³-hybridized carbons (Fsp3) is 0. The van der Waals surface area contributed by atoms with Crippen LogP contribution in [0, 0.1) is 0 Å². The molecule has 0 saturated carbocycles. The van der Waals surface area contributed by atoms with Gasteiger partial charge in [0.25, 0.3) is 0 Å². The van der Waals surface area contributed by atoms with E-state index in [1.165, 1.54) is 6.07 Å². The Hall–Kier alpha value is -2.76. The lowest BCUT2D eigenvalue weighted by Crippen LogP contribution is -2.01. The maximum absolute atomic E-state index is 10.9. The summed E-state index contributed by atoms with van der Waals surface area (Å²) in [4.78, 5) is 21.5. The van der Waals surface area contributed by atoms with Crippen LogP contribution in [0.5, 0.6) is 5.75 Å². The van der Waals surface area contributed by atoms with E-state index in [-0.39, 0.29) is 11.4 Å². The molecule has 3 N–H and O–H groups in total. The van der Waals surface area contributed by atoms with Gasteiger partial charge in [-0.2, -0.15) is 0 Å². The summed E-state index contributed by atoms with van der Waals surface area (Å²) in [5, 5.41) is 17.7. The maximum Gasteiger partial charge on any atom is 0.356 e. The Morgan fingerprint density at radius 2 is 1.94 bits per heavy atom. The van der Waals surface area contributed by atoms with Gasteiger partial charge in [-0.3, -0.25) is 4.79 Å². The number of benzene rings is 2. The molecule has 0 radical (unpaired) electrons. The Morgan fingerprint density at radius 3 is 2.56 bits per heavy atom. The van der Waals surface area contributed by atoms with Gasteiger partial charge in [0.1, 0.15) is 11.4 Å². The van der Waals surface area contributed by atoms with Crippen molar-refractivity contribution in [2.45, 2.75) is 0 Å². The fourth-order valence-corrected chi connectivity index (χ4v) is 1.67. The van der Waals surface area contributed by atoms with Crippen molar-refractivity contribution >= 4 is 28.8 Å². The van der Waals surface area contributed by atoms with Crippen LogP contribution in [0.25, 0.3) is 10.8 Å². The lowest BCUT2D eigenvalue weighted by atomic mass is 10.0. The van der Waals surface area contributed by atoms with Gasteiger partial charge in [0, 0.05) is 10.9 Å². The molecule has 2 rings (SSSR count). The molecule has 0 aliphatic rings. The summed E-state index contributed by atoms with van der Waals surface area (Å²) in [5.41, 5.74) is 5.29. The number of aromatic hydroxyl groups is 1. The molecule has 2 aromatic rings. The number of hydrogen-bond donors (Lipinski definition) is 2. The van der Waals surface area contributed by atoms with Gasteiger partial charge in [-0.15, -0.1) is 5.11 Å². The van der Waals surface area contributed by atoms with Gasteiger partial charge in [0.15, 0.2) is 6.29 Å². The van der Waals surface area contributed by atoms with Gasteiger partial charge in [0.2, 0.25) is 0 Å². The lowest BCUT2D eigenvalue weighted by Gasteiger charge is -2.05. The van der Waals surface area contributed by atoms with Crippen molar-refractivity contribution in [1.82, 2.24) is 0 Å². The van der Waals surface area contributed by atoms with E-state index in [4.69, 9.17) is 5.73 Å². The van der Waals surface area contributed by atoms with Crippen molar-refractivity contribution in [2.24, 2.45) is 16.0 Å². The number of nitrogens with zero attached hydrogens (tertiary/aromatic N) is 2. The van der Waals surface area contributed by atoms with E-state index < -0.39 is 6.03 Å². The van der Waals surface area contributed by atoms with Gasteiger partial charge < -0.3 is 10.8 Å². The summed E-state index contributed by atoms with van der Waals surface area (Å²) in [6, 6.07) is 7.16. The van der Waals surface area contributed by atoms with E-state index in [0.29, 0.717) is 22.6 Å². The van der Waals surface area contributed by atoms with Crippen LogP contribution in [-0.2, 0) is 0 Å². The number of carbonyl (C=O) groups excluding carboxylic acids is 2. The summed E-state index contributed by atoms with van der Waals surface area (Å²) in [5.74, 6) is -0.235. The zero-order valence-electron chi connectivity index (χ0n) is 9.20. The molecule has 0 saturated heterocycles. The van der Waals surface area contributed by atoms with Crippen LogP contribution in [0.1, 0.15) is 10.4 Å². The first-order chi connectivity index (χ1) is 8.63. The molecule has 18 heavy (non-hydrogen) atoms. The van der Waals surface area contributed by atoms with E-state index in [9.17, 15) is 14.7 Å². The number of rotatable bonds is 2. The first-order valence-corrected chi connectivity index (χ1v) is 5.04. The lowest BCUT2D eigenvalue weighted by molar-refractivity contribution is 0.112. The number of urea groups is 1. The minimum atomic E-state index is -0.960. The average Bonchev–Trinajstić information content (AvgIpc) is 2.36. The summed E-state index contributed by atoms with van der Waals surface area (Å²) in [6.45, 7) is 0. The van der Waals surface area contributed by atoms with E-state index >= 15 is 0 Å². The average molecular weight is 243 g/mol. The molecular formula is C12H9N3O3. The van der Waals surface area contributed by atoms with Crippen molar-refractivity contribution in [3.8, 4) is 5.75 Å². The predicted octanol–water partition coefficient (Wildman–Crippen LogP) is 2.52. The van der Waals surface area contributed by atoms with E-state index in [2.05, 4.69) is 10.2 Å². The van der Waals surface area contributed by atoms with Gasteiger partial charge in [-0.1, -0.05) is 29.4 Å². The molecule has 90 valence electrons. The molecule has 0 unspecified atom stereocenters.